The van der Waals surface area contributed by atoms with Crippen molar-refractivity contribution in [2.75, 3.05) is 11.0 Å². The zero-order valence-electron chi connectivity index (χ0n) is 18.1. The van der Waals surface area contributed by atoms with Crippen LogP contribution in [0.15, 0.2) is 67.3 Å². The average molecular weight is 481 g/mol. The molecule has 0 bridgehead atoms. The molecular formula is C23H18F2N6O2S. The zero-order chi connectivity index (χ0) is 24.0. The molecule has 0 atom stereocenters. The number of aryl methyl sites for hydroxylation is 1. The number of sulfonamides is 1. The zero-order valence-corrected chi connectivity index (χ0v) is 18.9. The quantitative estimate of drug-likeness (QED) is 0.409. The van der Waals surface area contributed by atoms with E-state index >= 15 is 0 Å². The Kier molecular flexibility index (Phi) is 5.13. The number of imidazole rings is 1. The van der Waals surface area contributed by atoms with E-state index in [1.165, 1.54) is 12.1 Å². The molecule has 0 radical (unpaired) electrons. The van der Waals surface area contributed by atoms with Gasteiger partial charge in [0.1, 0.15) is 23.1 Å². The predicted molar refractivity (Wildman–Crippen MR) is 124 cm³/mol. The molecule has 0 spiro atoms. The summed E-state index contributed by atoms with van der Waals surface area (Å²) in [5.41, 5.74) is 3.88. The van der Waals surface area contributed by atoms with Gasteiger partial charge in [0.25, 0.3) is 0 Å². The summed E-state index contributed by atoms with van der Waals surface area (Å²) in [6.45, 7) is 0. The Hall–Kier alpha value is -4.12. The van der Waals surface area contributed by atoms with Gasteiger partial charge in [-0.05, 0) is 42.0 Å². The first-order valence-electron chi connectivity index (χ1n) is 10.1. The van der Waals surface area contributed by atoms with Crippen LogP contribution in [0.25, 0.3) is 39.3 Å². The third-order valence-corrected chi connectivity index (χ3v) is 5.75. The van der Waals surface area contributed by atoms with Crippen molar-refractivity contribution in [1.82, 2.24) is 24.1 Å². The molecule has 0 unspecified atom stereocenters. The van der Waals surface area contributed by atoms with E-state index in [-0.39, 0.29) is 17.1 Å². The highest BCUT2D eigenvalue weighted by Crippen LogP contribution is 2.31. The lowest BCUT2D eigenvalue weighted by molar-refractivity contribution is 0.585. The molecule has 8 nitrogen and oxygen atoms in total. The number of aromatic nitrogens is 5. The van der Waals surface area contributed by atoms with Gasteiger partial charge in [0.05, 0.1) is 30.0 Å². The third kappa shape index (κ3) is 4.25. The Morgan fingerprint density at radius 3 is 2.50 bits per heavy atom. The van der Waals surface area contributed by atoms with Crippen molar-refractivity contribution in [3.05, 3.63) is 78.9 Å². The number of pyridine rings is 2. The summed E-state index contributed by atoms with van der Waals surface area (Å²) < 4.78 is 57.5. The number of anilines is 1. The molecule has 0 aliphatic rings. The van der Waals surface area contributed by atoms with Gasteiger partial charge in [-0.25, -0.2) is 27.2 Å². The molecule has 4 heterocycles. The summed E-state index contributed by atoms with van der Waals surface area (Å²) in [5, 5.41) is 4.19. The number of hydrogen-bond donors (Lipinski definition) is 1. The van der Waals surface area contributed by atoms with Crippen molar-refractivity contribution < 1.29 is 17.2 Å². The highest BCUT2D eigenvalue weighted by molar-refractivity contribution is 7.92. The van der Waals surface area contributed by atoms with Crippen LogP contribution in [0.4, 0.5) is 14.6 Å². The van der Waals surface area contributed by atoms with Gasteiger partial charge >= 0.3 is 0 Å². The first-order chi connectivity index (χ1) is 16.2. The van der Waals surface area contributed by atoms with Gasteiger partial charge in [-0.1, -0.05) is 0 Å². The normalized spacial score (nSPS) is 11.8. The van der Waals surface area contributed by atoms with Crippen LogP contribution >= 0.6 is 0 Å². The average Bonchev–Trinajstić information content (AvgIpc) is 3.38. The van der Waals surface area contributed by atoms with Gasteiger partial charge in [0.15, 0.2) is 0 Å². The summed E-state index contributed by atoms with van der Waals surface area (Å²) in [4.78, 5) is 8.71. The third-order valence-electron chi connectivity index (χ3n) is 5.17. The molecule has 4 aromatic heterocycles. The number of fused-ring (bicyclic) bond motifs is 1. The van der Waals surface area contributed by atoms with Crippen LogP contribution in [-0.4, -0.2) is 38.8 Å². The Bertz CT molecular complexity index is 1660. The highest BCUT2D eigenvalue weighted by atomic mass is 32.2. The second kappa shape index (κ2) is 8.03. The Labute approximate surface area is 193 Å². The smallest absolute Gasteiger partial charge is 0.230 e. The lowest BCUT2D eigenvalue weighted by Gasteiger charge is -2.11. The van der Waals surface area contributed by atoms with E-state index in [9.17, 15) is 17.2 Å². The largest absolute Gasteiger partial charge is 0.300 e. The van der Waals surface area contributed by atoms with E-state index in [4.69, 9.17) is 0 Å². The van der Waals surface area contributed by atoms with Crippen LogP contribution in [-0.2, 0) is 17.1 Å². The molecule has 0 saturated carbocycles. The molecule has 0 aliphatic carbocycles. The van der Waals surface area contributed by atoms with Crippen molar-refractivity contribution in [3.63, 3.8) is 0 Å². The maximum absolute atomic E-state index is 14.5. The lowest BCUT2D eigenvalue weighted by Crippen LogP contribution is -2.11. The molecule has 5 aromatic rings. The first kappa shape index (κ1) is 21.7. The van der Waals surface area contributed by atoms with Crippen LogP contribution in [0.2, 0.25) is 0 Å². The summed E-state index contributed by atoms with van der Waals surface area (Å²) in [6, 6.07) is 10.1. The summed E-state index contributed by atoms with van der Waals surface area (Å²) in [5.74, 6) is -1.53. The van der Waals surface area contributed by atoms with Crippen molar-refractivity contribution in [2.45, 2.75) is 0 Å². The van der Waals surface area contributed by atoms with Gasteiger partial charge in [0, 0.05) is 42.2 Å². The summed E-state index contributed by atoms with van der Waals surface area (Å²) >= 11 is 0. The van der Waals surface area contributed by atoms with Gasteiger partial charge in [0.2, 0.25) is 10.0 Å². The van der Waals surface area contributed by atoms with Crippen LogP contribution in [0, 0.1) is 11.6 Å². The Morgan fingerprint density at radius 2 is 1.79 bits per heavy atom. The van der Waals surface area contributed by atoms with Crippen molar-refractivity contribution >= 4 is 21.5 Å². The van der Waals surface area contributed by atoms with E-state index < -0.39 is 21.7 Å². The molecule has 172 valence electrons. The first-order valence-corrected chi connectivity index (χ1v) is 12.0. The molecule has 0 aliphatic heterocycles. The van der Waals surface area contributed by atoms with Crippen molar-refractivity contribution in [1.29, 1.82) is 0 Å². The fourth-order valence-electron chi connectivity index (χ4n) is 3.70. The summed E-state index contributed by atoms with van der Waals surface area (Å²) in [7, 11) is -1.82. The molecule has 5 rings (SSSR count). The van der Waals surface area contributed by atoms with Gasteiger partial charge < -0.3 is 0 Å². The van der Waals surface area contributed by atoms with Gasteiger partial charge in [-0.2, -0.15) is 5.10 Å². The minimum Gasteiger partial charge on any atom is -0.300 e. The number of nitrogens with zero attached hydrogens (tertiary/aromatic N) is 5. The maximum Gasteiger partial charge on any atom is 0.230 e. The molecule has 1 N–H and O–H groups in total. The van der Waals surface area contributed by atoms with E-state index in [0.717, 1.165) is 29.5 Å². The molecule has 1 aromatic carbocycles. The van der Waals surface area contributed by atoms with E-state index in [1.54, 1.807) is 23.1 Å². The molecule has 0 fully saturated rings. The van der Waals surface area contributed by atoms with Crippen molar-refractivity contribution in [3.8, 4) is 33.6 Å². The second-order valence-electron chi connectivity index (χ2n) is 7.81. The minimum absolute atomic E-state index is 0.000607. The Morgan fingerprint density at radius 1 is 0.971 bits per heavy atom. The van der Waals surface area contributed by atoms with E-state index in [2.05, 4.69) is 19.8 Å². The van der Waals surface area contributed by atoms with Crippen LogP contribution in [0.1, 0.15) is 0 Å². The van der Waals surface area contributed by atoms with Crippen LogP contribution < -0.4 is 4.72 Å². The predicted octanol–water partition coefficient (Wildman–Crippen LogP) is 4.11. The number of rotatable bonds is 5. The lowest BCUT2D eigenvalue weighted by atomic mass is 10.1. The Balaban J connectivity index is 1.65. The standard InChI is InChI=1S/C23H18F2N6O2S/c1-30-13-16(11-27-30)14-5-6-31-21(12-26-23(31)9-14)15-7-20(18-4-3-17(24)10-19(18)25)28-22(8-15)29-34(2,32)33/h3-13H,1-2H3,(H,28,29). The molecule has 11 heteroatoms. The number of halogens is 2. The topological polar surface area (TPSA) is 94.2 Å². The molecular weight excluding hydrogens is 462 g/mol. The van der Waals surface area contributed by atoms with Gasteiger partial charge in [-0.15, -0.1) is 0 Å². The highest BCUT2D eigenvalue weighted by Gasteiger charge is 2.16. The molecule has 0 amide bonds. The second-order valence-corrected chi connectivity index (χ2v) is 9.56. The number of hydrogen-bond acceptors (Lipinski definition) is 5. The minimum atomic E-state index is -3.65. The van der Waals surface area contributed by atoms with Crippen LogP contribution in [0.5, 0.6) is 0 Å². The fourth-order valence-corrected chi connectivity index (χ4v) is 4.18. The molecule has 34 heavy (non-hydrogen) atoms. The van der Waals surface area contributed by atoms with Gasteiger partial charge in [-0.3, -0.25) is 13.8 Å². The van der Waals surface area contributed by atoms with Crippen LogP contribution in [0.3, 0.4) is 0 Å². The fraction of sp³-hybridized carbons (Fsp3) is 0.0870. The monoisotopic (exact) mass is 480 g/mol. The van der Waals surface area contributed by atoms with Crippen molar-refractivity contribution in [2.24, 2.45) is 7.05 Å². The van der Waals surface area contributed by atoms with E-state index in [1.807, 2.05) is 36.0 Å². The maximum atomic E-state index is 14.5. The number of benzene rings is 1. The molecule has 0 saturated heterocycles. The van der Waals surface area contributed by atoms with E-state index in [0.29, 0.717) is 16.9 Å². The SMILES string of the molecule is Cn1cc(-c2ccn3c(-c4cc(NS(C)(=O)=O)nc(-c5ccc(F)cc5F)c4)cnc3c2)cn1. The number of nitrogens with one attached hydrogen (secondary N) is 1. The summed E-state index contributed by atoms with van der Waals surface area (Å²) in [6.07, 6.45) is 8.11.